The Hall–Kier alpha value is -4.43. The number of rotatable bonds is 6. The van der Waals surface area contributed by atoms with Gasteiger partial charge in [0, 0.05) is 43.9 Å². The molecule has 232 valence electrons. The lowest BCUT2D eigenvalue weighted by Gasteiger charge is -2.36. The van der Waals surface area contributed by atoms with Gasteiger partial charge in [-0.15, -0.1) is 5.10 Å². The quantitative estimate of drug-likeness (QED) is 0.167. The van der Waals surface area contributed by atoms with E-state index in [1.807, 2.05) is 0 Å². The summed E-state index contributed by atoms with van der Waals surface area (Å²) in [6.07, 6.45) is -7.05. The Morgan fingerprint density at radius 2 is 1.78 bits per heavy atom. The summed E-state index contributed by atoms with van der Waals surface area (Å²) in [5.41, 5.74) is -3.37. The second kappa shape index (κ2) is 10.8. The number of aliphatic hydroxyl groups is 1. The molecule has 7 nitrogen and oxygen atoms in total. The first-order chi connectivity index (χ1) is 21.5. The van der Waals surface area contributed by atoms with E-state index in [0.29, 0.717) is 6.07 Å². The van der Waals surface area contributed by atoms with Crippen LogP contribution in [0.25, 0.3) is 16.5 Å². The van der Waals surface area contributed by atoms with Crippen LogP contribution in [0.5, 0.6) is 0 Å². The largest absolute Gasteiger partial charge is 0.417 e. The zero-order chi connectivity index (χ0) is 33.5. The van der Waals surface area contributed by atoms with Crippen LogP contribution in [0.2, 0.25) is 5.02 Å². The maximum atomic E-state index is 14.5. The molecule has 46 heavy (non-hydrogen) atoms. The van der Waals surface area contributed by atoms with Gasteiger partial charge in [0.25, 0.3) is 6.43 Å². The molecule has 4 radical (unpaired) electrons. The number of aromatic nitrogens is 2. The first-order valence-electron chi connectivity index (χ1n) is 13.2. The van der Waals surface area contributed by atoms with Gasteiger partial charge in [0.15, 0.2) is 5.82 Å². The van der Waals surface area contributed by atoms with Gasteiger partial charge in [-0.25, -0.2) is 17.6 Å². The Balaban J connectivity index is 1.66. The lowest BCUT2D eigenvalue weighted by Crippen LogP contribution is -2.50. The summed E-state index contributed by atoms with van der Waals surface area (Å²) < 4.78 is 98.2. The summed E-state index contributed by atoms with van der Waals surface area (Å²) in [6.45, 7) is 6.86. The number of benzene rings is 3. The van der Waals surface area contributed by atoms with E-state index in [0.717, 1.165) is 34.2 Å². The molecular formula is C29H18B2ClF7N6O. The van der Waals surface area contributed by atoms with Gasteiger partial charge in [-0.3, -0.25) is 0 Å². The molecule has 1 unspecified atom stereocenters. The van der Waals surface area contributed by atoms with Crippen LogP contribution in [0.4, 0.5) is 53.6 Å². The molecule has 3 aromatic carbocycles. The van der Waals surface area contributed by atoms with Gasteiger partial charge >= 0.3 is 6.18 Å². The second-order valence-electron chi connectivity index (χ2n) is 10.6. The van der Waals surface area contributed by atoms with E-state index in [9.17, 15) is 35.8 Å². The molecule has 6 rings (SSSR count). The highest BCUT2D eigenvalue weighted by Gasteiger charge is 2.45. The first-order valence-corrected chi connectivity index (χ1v) is 13.6. The number of hydrogen-bond acceptors (Lipinski definition) is 7. The van der Waals surface area contributed by atoms with E-state index in [1.54, 1.807) is 0 Å². The summed E-state index contributed by atoms with van der Waals surface area (Å²) >= 11 is 6.46. The number of nitrogens with zero attached hydrogens (tertiary/aromatic N) is 4. The monoisotopic (exact) mass is 656 g/mol. The van der Waals surface area contributed by atoms with E-state index in [4.69, 9.17) is 27.3 Å². The maximum Gasteiger partial charge on any atom is 0.417 e. The van der Waals surface area contributed by atoms with Gasteiger partial charge in [-0.2, -0.15) is 18.3 Å². The fraction of sp³-hybridized carbons (Fsp3) is 0.172. The fourth-order valence-corrected chi connectivity index (χ4v) is 6.05. The minimum atomic E-state index is -4.95. The van der Waals surface area contributed by atoms with Crippen LogP contribution in [0.3, 0.4) is 0 Å². The van der Waals surface area contributed by atoms with Gasteiger partial charge in [0.1, 0.15) is 33.1 Å². The molecule has 0 saturated carbocycles. The van der Waals surface area contributed by atoms with Crippen LogP contribution < -0.4 is 20.4 Å². The van der Waals surface area contributed by atoms with Crippen molar-refractivity contribution in [2.24, 2.45) is 0 Å². The molecule has 0 spiro atoms. The summed E-state index contributed by atoms with van der Waals surface area (Å²) in [5, 5.41) is 23.5. The van der Waals surface area contributed by atoms with Gasteiger partial charge in [-0.05, 0) is 36.4 Å². The lowest BCUT2D eigenvalue weighted by atomic mass is 9.71. The summed E-state index contributed by atoms with van der Waals surface area (Å²) in [4.78, 5) is 1.92. The van der Waals surface area contributed by atoms with Crippen molar-refractivity contribution in [2.45, 2.75) is 24.2 Å². The van der Waals surface area contributed by atoms with Crippen LogP contribution >= 0.6 is 11.6 Å². The standard InChI is InChI=1S/C29H18B2ClF7N6O/c1-11-23-24(25(41-11)16-5-13(33)3-4-19(16)32)20(8-21-26(23)45(29(30,31)46)12(2)44(21)10-22(35)36)42-27-15-6-14(34)7-18(28(37,38)39)17(15)9-40-43-27/h3-9,22,25,41,46H,1-2,10H2,(H,42,43). The molecule has 0 saturated heterocycles. The number of nitrogens with one attached hydrogen (secondary N) is 2. The molecule has 4 aromatic rings. The summed E-state index contributed by atoms with van der Waals surface area (Å²) in [5.74, 6) is -2.46. The molecule has 0 aliphatic carbocycles. The van der Waals surface area contributed by atoms with Crippen LogP contribution in [-0.2, 0) is 6.18 Å². The maximum absolute atomic E-state index is 14.5. The lowest BCUT2D eigenvalue weighted by molar-refractivity contribution is -0.136. The minimum absolute atomic E-state index is 0.0105. The zero-order valence-electron chi connectivity index (χ0n) is 23.2. The Morgan fingerprint density at radius 3 is 2.43 bits per heavy atom. The molecule has 0 fully saturated rings. The van der Waals surface area contributed by atoms with E-state index in [1.165, 1.54) is 12.1 Å². The third-order valence-electron chi connectivity index (χ3n) is 7.56. The Bertz CT molecular complexity index is 1950. The molecule has 2 aliphatic rings. The normalized spacial score (nSPS) is 16.3. The molecular weight excluding hydrogens is 638 g/mol. The van der Waals surface area contributed by atoms with E-state index in [-0.39, 0.29) is 61.5 Å². The van der Waals surface area contributed by atoms with Crippen molar-refractivity contribution >= 4 is 66.6 Å². The topological polar surface area (TPSA) is 76.6 Å². The highest BCUT2D eigenvalue weighted by molar-refractivity contribution is 6.41. The number of alkyl halides is 5. The zero-order valence-corrected chi connectivity index (χ0v) is 24.0. The number of fused-ring (bicyclic) bond motifs is 4. The Morgan fingerprint density at radius 1 is 1.07 bits per heavy atom. The third-order valence-corrected chi connectivity index (χ3v) is 7.91. The van der Waals surface area contributed by atoms with Crippen molar-refractivity contribution in [1.82, 2.24) is 15.5 Å². The number of anilines is 4. The van der Waals surface area contributed by atoms with E-state index >= 15 is 0 Å². The molecule has 1 atom stereocenters. The fourth-order valence-electron chi connectivity index (χ4n) is 5.82. The highest BCUT2D eigenvalue weighted by Crippen LogP contribution is 2.56. The van der Waals surface area contributed by atoms with Crippen molar-refractivity contribution in [2.75, 3.05) is 21.7 Å². The van der Waals surface area contributed by atoms with Crippen molar-refractivity contribution in [3.8, 4) is 0 Å². The van der Waals surface area contributed by atoms with Gasteiger partial charge in [-0.1, -0.05) is 24.8 Å². The average Bonchev–Trinajstić information content (AvgIpc) is 3.43. The predicted molar refractivity (Wildman–Crippen MR) is 161 cm³/mol. The third kappa shape index (κ3) is 5.18. The summed E-state index contributed by atoms with van der Waals surface area (Å²) in [7, 11) is 11.7. The van der Waals surface area contributed by atoms with E-state index in [2.05, 4.69) is 34.0 Å². The molecule has 3 N–H and O–H groups in total. The van der Waals surface area contributed by atoms with Crippen molar-refractivity contribution in [3.63, 3.8) is 0 Å². The molecule has 0 amide bonds. The first kappa shape index (κ1) is 31.5. The van der Waals surface area contributed by atoms with Crippen molar-refractivity contribution < 1.29 is 35.8 Å². The van der Waals surface area contributed by atoms with Gasteiger partial charge < -0.3 is 25.5 Å². The SMILES string of the molecule is [B]C([B])(O)N1C(=C)N(CC(F)F)c2cc(Nc3nncc4c(C(F)(F)F)cc(F)cc34)c3c(c21)C(=C)NC3c1cc(F)ccc1Cl. The van der Waals surface area contributed by atoms with Crippen molar-refractivity contribution in [1.29, 1.82) is 0 Å². The Kier molecular flexibility index (Phi) is 7.43. The molecule has 2 aliphatic heterocycles. The van der Waals surface area contributed by atoms with Crippen LogP contribution in [-0.4, -0.2) is 49.5 Å². The molecule has 0 bridgehead atoms. The Labute approximate surface area is 264 Å². The minimum Gasteiger partial charge on any atom is -0.389 e. The van der Waals surface area contributed by atoms with Crippen molar-refractivity contribution in [3.05, 3.63) is 100 Å². The average molecular weight is 657 g/mol. The van der Waals surface area contributed by atoms with Gasteiger partial charge in [0.2, 0.25) is 0 Å². The van der Waals surface area contributed by atoms with Crippen LogP contribution in [0.15, 0.2) is 61.6 Å². The second-order valence-corrected chi connectivity index (χ2v) is 11.0. The van der Waals surface area contributed by atoms with Gasteiger partial charge in [0.05, 0.1) is 41.2 Å². The highest BCUT2D eigenvalue weighted by atomic mass is 35.5. The van der Waals surface area contributed by atoms with E-state index < -0.39 is 53.3 Å². The number of hydrogen-bond donors (Lipinski definition) is 3. The van der Waals surface area contributed by atoms with Crippen LogP contribution in [0.1, 0.15) is 28.3 Å². The molecule has 3 heterocycles. The van der Waals surface area contributed by atoms with Crippen LogP contribution in [0, 0.1) is 11.6 Å². The molecule has 1 aromatic heterocycles. The summed E-state index contributed by atoms with van der Waals surface area (Å²) in [6, 6.07) is 4.97. The predicted octanol–water partition coefficient (Wildman–Crippen LogP) is 6.29. The number of halogens is 8. The smallest absolute Gasteiger partial charge is 0.389 e. The molecule has 17 heteroatoms.